The van der Waals surface area contributed by atoms with Crippen LogP contribution in [0.1, 0.15) is 15.9 Å². The Labute approximate surface area is 153 Å². The third kappa shape index (κ3) is 4.42. The molecule has 2 N–H and O–H groups in total. The summed E-state index contributed by atoms with van der Waals surface area (Å²) in [5.74, 6) is 0.810. The highest BCUT2D eigenvalue weighted by Gasteiger charge is 2.13. The summed E-state index contributed by atoms with van der Waals surface area (Å²) in [4.78, 5) is 12.2. The minimum absolute atomic E-state index is 0.00773. The largest absolute Gasteiger partial charge is 0.503 e. The van der Waals surface area contributed by atoms with Gasteiger partial charge in [-0.25, -0.2) is 5.43 Å². The van der Waals surface area contributed by atoms with Crippen LogP contribution in [0.4, 0.5) is 0 Å². The quantitative estimate of drug-likeness (QED) is 0.566. The van der Waals surface area contributed by atoms with Crippen LogP contribution < -0.4 is 19.6 Å². The smallest absolute Gasteiger partial charge is 0.275 e. The summed E-state index contributed by atoms with van der Waals surface area (Å²) >= 11 is 3.22. The van der Waals surface area contributed by atoms with Crippen molar-refractivity contribution in [2.45, 2.75) is 0 Å². The molecule has 7 nitrogen and oxygen atoms in total. The van der Waals surface area contributed by atoms with Crippen molar-refractivity contribution in [2.24, 2.45) is 5.10 Å². The molecule has 1 amide bonds. The number of ether oxygens (including phenoxy) is 3. The van der Waals surface area contributed by atoms with E-state index in [4.69, 9.17) is 14.2 Å². The molecule has 0 aromatic heterocycles. The number of hydrogen-bond donors (Lipinski definition) is 2. The van der Waals surface area contributed by atoms with Gasteiger partial charge < -0.3 is 19.3 Å². The number of phenolic OH excluding ortho intramolecular Hbond substituents is 1. The maximum absolute atomic E-state index is 12.2. The summed E-state index contributed by atoms with van der Waals surface area (Å²) in [6, 6.07) is 8.08. The summed E-state index contributed by atoms with van der Waals surface area (Å²) in [5, 5.41) is 13.7. The summed E-state index contributed by atoms with van der Waals surface area (Å²) in [5.41, 5.74) is 3.37. The molecule has 2 aromatic carbocycles. The number of hydrogen-bond acceptors (Lipinski definition) is 6. The zero-order chi connectivity index (χ0) is 18.4. The van der Waals surface area contributed by atoms with E-state index in [0.717, 1.165) is 0 Å². The average molecular weight is 409 g/mol. The normalized spacial score (nSPS) is 10.6. The monoisotopic (exact) mass is 408 g/mol. The molecule has 0 saturated heterocycles. The van der Waals surface area contributed by atoms with Crippen LogP contribution in [-0.4, -0.2) is 38.6 Å². The molecule has 0 heterocycles. The van der Waals surface area contributed by atoms with Gasteiger partial charge in [-0.3, -0.25) is 4.79 Å². The Morgan fingerprint density at radius 3 is 2.48 bits per heavy atom. The van der Waals surface area contributed by atoms with E-state index in [1.54, 1.807) is 30.3 Å². The lowest BCUT2D eigenvalue weighted by Gasteiger charge is -2.09. The zero-order valence-electron chi connectivity index (χ0n) is 13.9. The number of phenols is 1. The van der Waals surface area contributed by atoms with Gasteiger partial charge in [0.15, 0.2) is 11.5 Å². The molecule has 132 valence electrons. The molecule has 0 aliphatic rings. The number of benzene rings is 2. The summed E-state index contributed by atoms with van der Waals surface area (Å²) < 4.78 is 15.8. The minimum Gasteiger partial charge on any atom is -0.503 e. The van der Waals surface area contributed by atoms with Gasteiger partial charge in [-0.1, -0.05) is 0 Å². The van der Waals surface area contributed by atoms with Gasteiger partial charge in [0.05, 0.1) is 37.6 Å². The van der Waals surface area contributed by atoms with Gasteiger partial charge in [0.2, 0.25) is 0 Å². The van der Waals surface area contributed by atoms with E-state index in [1.165, 1.54) is 27.5 Å². The van der Waals surface area contributed by atoms with Gasteiger partial charge in [0, 0.05) is 6.07 Å². The number of carbonyl (C=O) groups excluding carboxylic acids is 1. The van der Waals surface area contributed by atoms with Crippen molar-refractivity contribution in [3.8, 4) is 23.0 Å². The Hall–Kier alpha value is -2.74. The van der Waals surface area contributed by atoms with Crippen molar-refractivity contribution in [3.05, 3.63) is 45.9 Å². The van der Waals surface area contributed by atoms with Gasteiger partial charge in [-0.2, -0.15) is 5.10 Å². The molecular formula is C17H17BrN2O5. The average Bonchev–Trinajstić information content (AvgIpc) is 2.63. The van der Waals surface area contributed by atoms with Gasteiger partial charge >= 0.3 is 0 Å². The number of carbonyl (C=O) groups is 1. The second-order valence-corrected chi connectivity index (χ2v) is 5.67. The number of aromatic hydroxyl groups is 1. The lowest BCUT2D eigenvalue weighted by atomic mass is 10.2. The lowest BCUT2D eigenvalue weighted by molar-refractivity contribution is 0.0952. The van der Waals surface area contributed by atoms with Crippen LogP contribution in [0.2, 0.25) is 0 Å². The van der Waals surface area contributed by atoms with Gasteiger partial charge in [-0.05, 0) is 45.8 Å². The van der Waals surface area contributed by atoms with Crippen LogP contribution in [0.5, 0.6) is 23.0 Å². The molecule has 8 heteroatoms. The Morgan fingerprint density at radius 1 is 1.12 bits per heavy atom. The van der Waals surface area contributed by atoms with Crippen LogP contribution in [0, 0.1) is 0 Å². The van der Waals surface area contributed by atoms with E-state index in [9.17, 15) is 9.90 Å². The molecule has 2 rings (SSSR count). The predicted molar refractivity (Wildman–Crippen MR) is 97.0 cm³/mol. The predicted octanol–water partition coefficient (Wildman–Crippen LogP) is 2.94. The highest BCUT2D eigenvalue weighted by Crippen LogP contribution is 2.34. The Bertz CT molecular complexity index is 808. The van der Waals surface area contributed by atoms with Crippen LogP contribution in [-0.2, 0) is 0 Å². The maximum Gasteiger partial charge on any atom is 0.275 e. The molecule has 0 saturated carbocycles. The lowest BCUT2D eigenvalue weighted by Crippen LogP contribution is -2.18. The van der Waals surface area contributed by atoms with Crippen LogP contribution in [0.25, 0.3) is 0 Å². The number of amides is 1. The molecule has 0 atom stereocenters. The summed E-state index contributed by atoms with van der Waals surface area (Å²) in [6.07, 6.45) is 1.43. The number of nitrogens with zero attached hydrogens (tertiary/aromatic N) is 1. The SMILES string of the molecule is COc1ccc(C(=O)NN=Cc2cc(Br)c(O)c(OC)c2)c(OC)c1. The van der Waals surface area contributed by atoms with Crippen molar-refractivity contribution in [1.29, 1.82) is 0 Å². The maximum atomic E-state index is 12.2. The number of methoxy groups -OCH3 is 3. The van der Waals surface area contributed by atoms with E-state index >= 15 is 0 Å². The second-order valence-electron chi connectivity index (χ2n) is 4.82. The van der Waals surface area contributed by atoms with E-state index in [-0.39, 0.29) is 5.75 Å². The fourth-order valence-electron chi connectivity index (χ4n) is 2.04. The van der Waals surface area contributed by atoms with Crippen molar-refractivity contribution in [3.63, 3.8) is 0 Å². The van der Waals surface area contributed by atoms with Crippen molar-refractivity contribution >= 4 is 28.1 Å². The standard InChI is InChI=1S/C17H17BrN2O5/c1-23-11-4-5-12(14(8-11)24-2)17(22)20-19-9-10-6-13(18)16(21)15(7-10)25-3/h4-9,21H,1-3H3,(H,20,22). The topological polar surface area (TPSA) is 89.4 Å². The van der Waals surface area contributed by atoms with Gasteiger partial charge in [0.1, 0.15) is 11.5 Å². The number of hydrazone groups is 1. The first kappa shape index (κ1) is 18.6. The Morgan fingerprint density at radius 2 is 1.84 bits per heavy atom. The first-order valence-corrected chi connectivity index (χ1v) is 7.91. The third-order valence-electron chi connectivity index (χ3n) is 3.30. The number of rotatable bonds is 6. The van der Waals surface area contributed by atoms with Crippen LogP contribution in [0.3, 0.4) is 0 Å². The molecule has 0 unspecified atom stereocenters. The first-order chi connectivity index (χ1) is 12.0. The van der Waals surface area contributed by atoms with E-state index in [1.807, 2.05) is 0 Å². The van der Waals surface area contributed by atoms with E-state index in [2.05, 4.69) is 26.5 Å². The van der Waals surface area contributed by atoms with Gasteiger partial charge in [-0.15, -0.1) is 0 Å². The third-order valence-corrected chi connectivity index (χ3v) is 3.91. The highest BCUT2D eigenvalue weighted by atomic mass is 79.9. The van der Waals surface area contributed by atoms with Crippen molar-refractivity contribution < 1.29 is 24.1 Å². The summed E-state index contributed by atoms with van der Waals surface area (Å²) in [7, 11) is 4.44. The molecular weight excluding hydrogens is 392 g/mol. The number of nitrogens with one attached hydrogen (secondary N) is 1. The molecule has 0 aliphatic carbocycles. The minimum atomic E-state index is -0.430. The Kier molecular flexibility index (Phi) is 6.24. The van der Waals surface area contributed by atoms with Crippen molar-refractivity contribution in [1.82, 2.24) is 5.43 Å². The van der Waals surface area contributed by atoms with Crippen molar-refractivity contribution in [2.75, 3.05) is 21.3 Å². The molecule has 0 bridgehead atoms. The molecule has 0 fully saturated rings. The fraction of sp³-hybridized carbons (Fsp3) is 0.176. The number of halogens is 1. The van der Waals surface area contributed by atoms with E-state index in [0.29, 0.717) is 32.8 Å². The Balaban J connectivity index is 2.15. The van der Waals surface area contributed by atoms with Crippen LogP contribution >= 0.6 is 15.9 Å². The second kappa shape index (κ2) is 8.39. The van der Waals surface area contributed by atoms with Gasteiger partial charge in [0.25, 0.3) is 5.91 Å². The van der Waals surface area contributed by atoms with E-state index < -0.39 is 5.91 Å². The zero-order valence-corrected chi connectivity index (χ0v) is 15.5. The molecule has 0 radical (unpaired) electrons. The molecule has 0 aliphatic heterocycles. The first-order valence-electron chi connectivity index (χ1n) is 7.12. The van der Waals surface area contributed by atoms with Crippen LogP contribution in [0.15, 0.2) is 39.9 Å². The molecule has 2 aromatic rings. The fourth-order valence-corrected chi connectivity index (χ4v) is 2.50. The molecule has 0 spiro atoms. The summed E-state index contributed by atoms with van der Waals surface area (Å²) in [6.45, 7) is 0. The molecule has 25 heavy (non-hydrogen) atoms. The highest BCUT2D eigenvalue weighted by molar-refractivity contribution is 9.10.